The Kier molecular flexibility index (Phi) is 10.1. The lowest BCUT2D eigenvalue weighted by Crippen LogP contribution is -2.28. The summed E-state index contributed by atoms with van der Waals surface area (Å²) in [6.45, 7) is 7.56. The highest BCUT2D eigenvalue weighted by Crippen LogP contribution is 2.38. The number of hydrogen-bond donors (Lipinski definition) is 2. The molecule has 2 N–H and O–H groups in total. The number of benzene rings is 2. The van der Waals surface area contributed by atoms with Crippen molar-refractivity contribution < 1.29 is 18.3 Å². The maximum Gasteiger partial charge on any atom is 0.244 e. The van der Waals surface area contributed by atoms with Gasteiger partial charge in [-0.05, 0) is 31.0 Å². The number of halogens is 1. The van der Waals surface area contributed by atoms with Gasteiger partial charge in [-0.15, -0.1) is 0 Å². The molecule has 0 saturated carbocycles. The molecule has 0 spiro atoms. The van der Waals surface area contributed by atoms with Crippen molar-refractivity contribution in [1.29, 1.82) is 0 Å². The number of unbranched alkanes of at least 4 members (excludes halogenated alkanes) is 2. The van der Waals surface area contributed by atoms with Crippen LogP contribution in [0.1, 0.15) is 52.0 Å². The van der Waals surface area contributed by atoms with Gasteiger partial charge in [0, 0.05) is 37.0 Å². The van der Waals surface area contributed by atoms with Crippen molar-refractivity contribution in [3.8, 4) is 11.5 Å². The molecule has 0 aromatic heterocycles. The van der Waals surface area contributed by atoms with Gasteiger partial charge in [0.15, 0.2) is 0 Å². The molecular weight excluding hydrogens is 436 g/mol. The molecule has 0 bridgehead atoms. The summed E-state index contributed by atoms with van der Waals surface area (Å²) in [4.78, 5) is 2.18. The monoisotopic (exact) mass is 468 g/mol. The predicted molar refractivity (Wildman–Crippen MR) is 127 cm³/mol. The second-order valence-corrected chi connectivity index (χ2v) is 9.46. The van der Waals surface area contributed by atoms with Crippen molar-refractivity contribution in [2.75, 3.05) is 24.5 Å². The second-order valence-electron chi connectivity index (χ2n) is 7.31. The molecule has 0 aliphatic heterocycles. The van der Waals surface area contributed by atoms with Gasteiger partial charge in [-0.1, -0.05) is 57.3 Å². The predicted octanol–water partition coefficient (Wildman–Crippen LogP) is 5.33. The molecule has 0 fully saturated rings. The summed E-state index contributed by atoms with van der Waals surface area (Å²) in [5.74, 6) is 0.549. The summed E-state index contributed by atoms with van der Waals surface area (Å²) in [5, 5.41) is 10.4. The molecule has 2 aromatic carbocycles. The minimum atomic E-state index is -3.83. The molecule has 0 aliphatic rings. The van der Waals surface area contributed by atoms with Gasteiger partial charge in [-0.3, -0.25) is 0 Å². The molecule has 0 aliphatic carbocycles. The Bertz CT molecular complexity index is 943. The van der Waals surface area contributed by atoms with Crippen LogP contribution >= 0.6 is 11.6 Å². The molecule has 6 nitrogen and oxygen atoms in total. The van der Waals surface area contributed by atoms with Crippen molar-refractivity contribution in [2.24, 2.45) is 0 Å². The van der Waals surface area contributed by atoms with E-state index in [2.05, 4.69) is 23.5 Å². The largest absolute Gasteiger partial charge is 0.454 e. The van der Waals surface area contributed by atoms with E-state index in [1.54, 1.807) is 37.3 Å². The van der Waals surface area contributed by atoms with Crippen LogP contribution in [0.2, 0.25) is 5.02 Å². The molecule has 0 heterocycles. The molecule has 2 rings (SSSR count). The molecule has 172 valence electrons. The van der Waals surface area contributed by atoms with Gasteiger partial charge in [0.25, 0.3) is 0 Å². The zero-order chi connectivity index (χ0) is 22.9. The van der Waals surface area contributed by atoms with Crippen LogP contribution in [0, 0.1) is 0 Å². The number of rotatable bonds is 13. The van der Waals surface area contributed by atoms with E-state index in [4.69, 9.17) is 16.3 Å². The van der Waals surface area contributed by atoms with Crippen LogP contribution in [0.15, 0.2) is 41.3 Å². The van der Waals surface area contributed by atoms with Crippen molar-refractivity contribution in [3.63, 3.8) is 0 Å². The van der Waals surface area contributed by atoms with E-state index in [0.717, 1.165) is 44.5 Å². The van der Waals surface area contributed by atoms with E-state index in [1.807, 2.05) is 0 Å². The Labute approximate surface area is 191 Å². The molecule has 0 amide bonds. The Morgan fingerprint density at radius 1 is 1.03 bits per heavy atom. The van der Waals surface area contributed by atoms with Crippen molar-refractivity contribution in [2.45, 2.75) is 58.0 Å². The van der Waals surface area contributed by atoms with Gasteiger partial charge in [0.05, 0.1) is 11.6 Å². The fourth-order valence-corrected chi connectivity index (χ4v) is 4.64. The first kappa shape index (κ1) is 25.5. The van der Waals surface area contributed by atoms with E-state index in [1.165, 1.54) is 6.07 Å². The molecule has 31 heavy (non-hydrogen) atoms. The van der Waals surface area contributed by atoms with Crippen molar-refractivity contribution in [3.05, 3.63) is 47.0 Å². The van der Waals surface area contributed by atoms with Crippen LogP contribution in [0.25, 0.3) is 0 Å². The highest BCUT2D eigenvalue weighted by atomic mass is 35.5. The maximum absolute atomic E-state index is 12.9. The van der Waals surface area contributed by atoms with Gasteiger partial charge in [-0.2, -0.15) is 0 Å². The number of sulfonamides is 1. The summed E-state index contributed by atoms with van der Waals surface area (Å²) in [7, 11) is -3.83. The first-order valence-corrected chi connectivity index (χ1v) is 12.7. The number of aliphatic hydroxyl groups excluding tert-OH is 1. The first-order chi connectivity index (χ1) is 14.9. The Morgan fingerprint density at radius 3 is 2.23 bits per heavy atom. The lowest BCUT2D eigenvalue weighted by molar-refractivity contribution is 0.281. The Hall–Kier alpha value is -1.80. The van der Waals surface area contributed by atoms with Gasteiger partial charge < -0.3 is 14.7 Å². The third kappa shape index (κ3) is 6.84. The minimum absolute atomic E-state index is 0.0204. The number of anilines is 1. The normalized spacial score (nSPS) is 11.5. The van der Waals surface area contributed by atoms with Gasteiger partial charge in [-0.25, -0.2) is 13.1 Å². The smallest absolute Gasteiger partial charge is 0.244 e. The minimum Gasteiger partial charge on any atom is -0.454 e. The second kappa shape index (κ2) is 12.3. The quantitative estimate of drug-likeness (QED) is 0.415. The van der Waals surface area contributed by atoms with Crippen LogP contribution in [-0.4, -0.2) is 33.2 Å². The van der Waals surface area contributed by atoms with Crippen molar-refractivity contribution in [1.82, 2.24) is 4.72 Å². The molecule has 8 heteroatoms. The van der Waals surface area contributed by atoms with E-state index in [9.17, 15) is 13.5 Å². The van der Waals surface area contributed by atoms with E-state index >= 15 is 0 Å². The van der Waals surface area contributed by atoms with Crippen LogP contribution in [0.5, 0.6) is 11.5 Å². The number of aliphatic hydroxyl groups is 1. The van der Waals surface area contributed by atoms with Crippen molar-refractivity contribution >= 4 is 27.3 Å². The van der Waals surface area contributed by atoms with Crippen LogP contribution in [0.4, 0.5) is 5.69 Å². The van der Waals surface area contributed by atoms with Gasteiger partial charge in [0.2, 0.25) is 10.0 Å². The van der Waals surface area contributed by atoms with Crippen LogP contribution in [0.3, 0.4) is 0 Å². The topological polar surface area (TPSA) is 78.9 Å². The Balaban J connectivity index is 2.64. The maximum atomic E-state index is 12.9. The van der Waals surface area contributed by atoms with Crippen LogP contribution in [-0.2, 0) is 16.6 Å². The fraction of sp³-hybridized carbons (Fsp3) is 0.478. The number of ether oxygens (including phenoxy) is 1. The third-order valence-electron chi connectivity index (χ3n) is 4.90. The van der Waals surface area contributed by atoms with Gasteiger partial charge >= 0.3 is 0 Å². The Morgan fingerprint density at radius 2 is 1.68 bits per heavy atom. The molecule has 0 radical (unpaired) electrons. The molecular formula is C23H33ClN2O4S. The summed E-state index contributed by atoms with van der Waals surface area (Å²) in [6.07, 6.45) is 4.05. The summed E-state index contributed by atoms with van der Waals surface area (Å²) >= 11 is 6.26. The lowest BCUT2D eigenvalue weighted by Gasteiger charge is -2.28. The third-order valence-corrected chi connectivity index (χ3v) is 6.78. The summed E-state index contributed by atoms with van der Waals surface area (Å²) < 4.78 is 34.3. The molecule has 0 atom stereocenters. The highest BCUT2D eigenvalue weighted by molar-refractivity contribution is 7.89. The molecule has 0 unspecified atom stereocenters. The molecule has 2 aromatic rings. The number of hydrogen-bond acceptors (Lipinski definition) is 5. The van der Waals surface area contributed by atoms with Crippen LogP contribution < -0.4 is 14.4 Å². The number of nitrogens with zero attached hydrogens (tertiary/aromatic N) is 1. The average molecular weight is 469 g/mol. The van der Waals surface area contributed by atoms with E-state index in [0.29, 0.717) is 16.3 Å². The summed E-state index contributed by atoms with van der Waals surface area (Å²) in [5.41, 5.74) is 1.33. The fourth-order valence-electron chi connectivity index (χ4n) is 3.27. The standard InChI is InChI=1S/C23H33ClN2O4S/c1-4-7-13-26(14-8-5-2)20-16-22(30-21-12-10-9-11-19(21)24)23(15-18(20)17-27)31(28,29)25-6-3/h9-12,15-16,25,27H,4-8,13-14,17H2,1-3H3. The number of nitrogens with one attached hydrogen (secondary N) is 1. The SMILES string of the molecule is CCCCN(CCCC)c1cc(Oc2ccccc2Cl)c(S(=O)(=O)NCC)cc1CO. The van der Waals surface area contributed by atoms with Gasteiger partial charge in [0.1, 0.15) is 16.4 Å². The highest BCUT2D eigenvalue weighted by Gasteiger charge is 2.24. The number of para-hydroxylation sites is 1. The zero-order valence-corrected chi connectivity index (χ0v) is 20.1. The van der Waals surface area contributed by atoms with E-state index in [-0.39, 0.29) is 23.8 Å². The summed E-state index contributed by atoms with van der Waals surface area (Å²) in [6, 6.07) is 10.2. The lowest BCUT2D eigenvalue weighted by atomic mass is 10.1. The molecule has 0 saturated heterocycles. The zero-order valence-electron chi connectivity index (χ0n) is 18.5. The average Bonchev–Trinajstić information content (AvgIpc) is 2.75. The van der Waals surface area contributed by atoms with E-state index < -0.39 is 10.0 Å². The first-order valence-electron chi connectivity index (χ1n) is 10.8.